The number of nitriles is 1. The van der Waals surface area contributed by atoms with Gasteiger partial charge in [0, 0.05) is 7.05 Å². The molecule has 0 spiro atoms. The fourth-order valence-corrected chi connectivity index (χ4v) is 0.861. The zero-order valence-corrected chi connectivity index (χ0v) is 7.56. The topological polar surface area (TPSA) is 76.4 Å². The second-order valence-electron chi connectivity index (χ2n) is 2.64. The molecule has 0 fully saturated rings. The largest absolute Gasteiger partial charge is 0.464 e. The van der Waals surface area contributed by atoms with E-state index in [-0.39, 0.29) is 0 Å². The molecular weight excluding hydrogens is 182 g/mol. The van der Waals surface area contributed by atoms with Crippen molar-refractivity contribution in [2.75, 3.05) is 12.5 Å². The Morgan fingerprint density at radius 2 is 2.07 bits per heavy atom. The Labute approximate surface area is 81.2 Å². The smallest absolute Gasteiger partial charge is 0.425 e. The summed E-state index contributed by atoms with van der Waals surface area (Å²) in [5.74, 6) is 0. The Bertz CT molecular complexity index is 367. The minimum absolute atomic E-state index is 0.536. The van der Waals surface area contributed by atoms with Crippen LogP contribution in [0.15, 0.2) is 24.3 Å². The van der Waals surface area contributed by atoms with Crippen LogP contribution >= 0.6 is 0 Å². The van der Waals surface area contributed by atoms with Crippen LogP contribution in [0.25, 0.3) is 0 Å². The number of hydrazine groups is 1. The molecule has 1 amide bonds. The first-order valence-electron chi connectivity index (χ1n) is 3.87. The van der Waals surface area contributed by atoms with Gasteiger partial charge in [-0.25, -0.2) is 9.80 Å². The van der Waals surface area contributed by atoms with Gasteiger partial charge in [-0.2, -0.15) is 5.26 Å². The van der Waals surface area contributed by atoms with Gasteiger partial charge in [0.15, 0.2) is 0 Å². The molecule has 5 nitrogen and oxygen atoms in total. The summed E-state index contributed by atoms with van der Waals surface area (Å²) in [4.78, 5) is 10.4. The summed E-state index contributed by atoms with van der Waals surface area (Å²) in [7, 11) is 1.39. The number of carbonyl (C=O) groups is 1. The van der Waals surface area contributed by atoms with E-state index in [2.05, 4.69) is 5.43 Å². The summed E-state index contributed by atoms with van der Waals surface area (Å²) in [5.41, 5.74) is 3.77. The molecule has 5 heteroatoms. The van der Waals surface area contributed by atoms with E-state index < -0.39 is 6.09 Å². The average molecular weight is 191 g/mol. The third-order valence-electron chi connectivity index (χ3n) is 1.60. The molecule has 0 aliphatic rings. The van der Waals surface area contributed by atoms with Crippen LogP contribution in [0.3, 0.4) is 0 Å². The Morgan fingerprint density at radius 3 is 2.50 bits per heavy atom. The van der Waals surface area contributed by atoms with Gasteiger partial charge in [0.25, 0.3) is 0 Å². The normalized spacial score (nSPS) is 8.86. The second-order valence-corrected chi connectivity index (χ2v) is 2.64. The van der Waals surface area contributed by atoms with Crippen molar-refractivity contribution in [3.05, 3.63) is 29.8 Å². The number of benzene rings is 1. The summed E-state index contributed by atoms with van der Waals surface area (Å²) in [6.07, 6.45) is -1.07. The van der Waals surface area contributed by atoms with Gasteiger partial charge >= 0.3 is 6.09 Å². The summed E-state index contributed by atoms with van der Waals surface area (Å²) < 4.78 is 0. The standard InChI is InChI=1S/C9H9N3O2/c1-12(9(13)14)11-8-4-2-7(6-10)3-5-8/h2-5,11H,1H3,(H,13,14). The number of hydrogen-bond donors (Lipinski definition) is 2. The highest BCUT2D eigenvalue weighted by Gasteiger charge is 2.03. The molecule has 0 heterocycles. The van der Waals surface area contributed by atoms with Gasteiger partial charge in [0.2, 0.25) is 0 Å². The molecule has 0 saturated carbocycles. The first-order valence-corrected chi connectivity index (χ1v) is 3.87. The van der Waals surface area contributed by atoms with Gasteiger partial charge in [-0.3, -0.25) is 5.43 Å². The number of amides is 1. The van der Waals surface area contributed by atoms with Gasteiger partial charge in [-0.05, 0) is 24.3 Å². The molecule has 0 saturated heterocycles. The number of nitrogens with one attached hydrogen (secondary N) is 1. The predicted molar refractivity (Wildman–Crippen MR) is 50.6 cm³/mol. The molecule has 1 aromatic carbocycles. The highest BCUT2D eigenvalue weighted by molar-refractivity contribution is 5.67. The maximum Gasteiger partial charge on any atom is 0.425 e. The van der Waals surface area contributed by atoms with Crippen molar-refractivity contribution in [3.8, 4) is 6.07 Å². The van der Waals surface area contributed by atoms with Crippen LogP contribution < -0.4 is 5.43 Å². The molecule has 0 atom stereocenters. The first kappa shape index (κ1) is 9.86. The van der Waals surface area contributed by atoms with Crippen molar-refractivity contribution in [2.24, 2.45) is 0 Å². The average Bonchev–Trinajstić information content (AvgIpc) is 2.19. The van der Waals surface area contributed by atoms with Gasteiger partial charge in [0.1, 0.15) is 0 Å². The quantitative estimate of drug-likeness (QED) is 0.694. The molecule has 14 heavy (non-hydrogen) atoms. The summed E-state index contributed by atoms with van der Waals surface area (Å²) in [6, 6.07) is 8.46. The lowest BCUT2D eigenvalue weighted by Crippen LogP contribution is -2.30. The van der Waals surface area contributed by atoms with Crippen LogP contribution in [0, 0.1) is 11.3 Å². The second kappa shape index (κ2) is 4.14. The van der Waals surface area contributed by atoms with E-state index in [1.165, 1.54) is 7.05 Å². The van der Waals surface area contributed by atoms with Gasteiger partial charge in [-0.1, -0.05) is 0 Å². The van der Waals surface area contributed by atoms with Crippen molar-refractivity contribution in [1.29, 1.82) is 5.26 Å². The summed E-state index contributed by atoms with van der Waals surface area (Å²) in [5, 5.41) is 18.0. The zero-order chi connectivity index (χ0) is 10.6. The Balaban J connectivity index is 2.70. The molecule has 0 radical (unpaired) electrons. The number of nitrogens with zero attached hydrogens (tertiary/aromatic N) is 2. The number of rotatable bonds is 2. The minimum atomic E-state index is -1.07. The van der Waals surface area contributed by atoms with Crippen LogP contribution in [0.5, 0.6) is 0 Å². The zero-order valence-electron chi connectivity index (χ0n) is 7.56. The fourth-order valence-electron chi connectivity index (χ4n) is 0.861. The molecule has 72 valence electrons. The number of carboxylic acid groups (broad SMARTS) is 1. The maximum absolute atomic E-state index is 10.4. The van der Waals surface area contributed by atoms with Gasteiger partial charge < -0.3 is 5.11 Å². The van der Waals surface area contributed by atoms with E-state index in [1.807, 2.05) is 6.07 Å². The van der Waals surface area contributed by atoms with Gasteiger partial charge in [-0.15, -0.1) is 0 Å². The summed E-state index contributed by atoms with van der Waals surface area (Å²) >= 11 is 0. The van der Waals surface area contributed by atoms with Crippen molar-refractivity contribution in [1.82, 2.24) is 5.01 Å². The van der Waals surface area contributed by atoms with E-state index in [4.69, 9.17) is 10.4 Å². The van der Waals surface area contributed by atoms with E-state index in [0.717, 1.165) is 5.01 Å². The molecule has 0 aliphatic carbocycles. The van der Waals surface area contributed by atoms with E-state index in [9.17, 15) is 4.79 Å². The van der Waals surface area contributed by atoms with Crippen LogP contribution in [-0.4, -0.2) is 23.3 Å². The van der Waals surface area contributed by atoms with Gasteiger partial charge in [0.05, 0.1) is 17.3 Å². The van der Waals surface area contributed by atoms with Crippen LogP contribution in [0.4, 0.5) is 10.5 Å². The van der Waals surface area contributed by atoms with E-state index in [0.29, 0.717) is 11.3 Å². The Morgan fingerprint density at radius 1 is 1.50 bits per heavy atom. The predicted octanol–water partition coefficient (Wildman–Crippen LogP) is 1.49. The van der Waals surface area contributed by atoms with Crippen molar-refractivity contribution >= 4 is 11.8 Å². The third-order valence-corrected chi connectivity index (χ3v) is 1.60. The monoisotopic (exact) mass is 191 g/mol. The number of anilines is 1. The van der Waals surface area contributed by atoms with Crippen molar-refractivity contribution in [2.45, 2.75) is 0 Å². The van der Waals surface area contributed by atoms with Crippen LogP contribution in [0.1, 0.15) is 5.56 Å². The molecule has 1 rings (SSSR count). The fraction of sp³-hybridized carbons (Fsp3) is 0.111. The molecule has 0 aromatic heterocycles. The minimum Gasteiger partial charge on any atom is -0.464 e. The van der Waals surface area contributed by atoms with Crippen LogP contribution in [-0.2, 0) is 0 Å². The highest BCUT2D eigenvalue weighted by atomic mass is 16.4. The van der Waals surface area contributed by atoms with Crippen molar-refractivity contribution in [3.63, 3.8) is 0 Å². The summed E-state index contributed by atoms with van der Waals surface area (Å²) in [6.45, 7) is 0. The lowest BCUT2D eigenvalue weighted by Gasteiger charge is -2.15. The molecule has 2 N–H and O–H groups in total. The molecule has 0 aliphatic heterocycles. The molecular formula is C9H9N3O2. The SMILES string of the molecule is CN(Nc1ccc(C#N)cc1)C(=O)O. The molecule has 0 unspecified atom stereocenters. The lowest BCUT2D eigenvalue weighted by molar-refractivity contribution is 0.164. The maximum atomic E-state index is 10.4. The Kier molecular flexibility index (Phi) is 2.92. The van der Waals surface area contributed by atoms with E-state index >= 15 is 0 Å². The highest BCUT2D eigenvalue weighted by Crippen LogP contribution is 2.08. The number of hydrogen-bond acceptors (Lipinski definition) is 3. The Hall–Kier alpha value is -2.22. The first-order chi connectivity index (χ1) is 6.63. The van der Waals surface area contributed by atoms with E-state index in [1.54, 1.807) is 24.3 Å². The van der Waals surface area contributed by atoms with Crippen LogP contribution in [0.2, 0.25) is 0 Å². The lowest BCUT2D eigenvalue weighted by atomic mass is 10.2. The van der Waals surface area contributed by atoms with Crippen molar-refractivity contribution < 1.29 is 9.90 Å². The molecule has 1 aromatic rings. The molecule has 0 bridgehead atoms. The third kappa shape index (κ3) is 2.38.